The van der Waals surface area contributed by atoms with Crippen LogP contribution >= 0.6 is 0 Å². The quantitative estimate of drug-likeness (QED) is 0.362. The molecule has 1 aliphatic rings. The second-order valence-electron chi connectivity index (χ2n) is 10.7. The first kappa shape index (κ1) is 28.6. The lowest BCUT2D eigenvalue weighted by Crippen LogP contribution is -2.42. The molecule has 7 heteroatoms. The average molecular weight is 553 g/mol. The lowest BCUT2D eigenvalue weighted by atomic mass is 10.0. The fourth-order valence-electron chi connectivity index (χ4n) is 5.32. The Morgan fingerprint density at radius 2 is 1.59 bits per heavy atom. The van der Waals surface area contributed by atoms with Crippen molar-refractivity contribution in [2.24, 2.45) is 7.05 Å². The highest BCUT2D eigenvalue weighted by atomic mass is 16.5. The van der Waals surface area contributed by atoms with E-state index >= 15 is 0 Å². The number of carbonyl (C=O) groups excluding carboxylic acids is 1. The smallest absolute Gasteiger partial charge is 0.255 e. The van der Waals surface area contributed by atoms with Crippen LogP contribution in [0.25, 0.3) is 0 Å². The van der Waals surface area contributed by atoms with E-state index in [0.29, 0.717) is 44.1 Å². The molecule has 0 spiro atoms. The van der Waals surface area contributed by atoms with Crippen LogP contribution in [-0.4, -0.2) is 58.8 Å². The number of nitrogens with one attached hydrogen (secondary N) is 1. The third-order valence-electron chi connectivity index (χ3n) is 7.62. The Bertz CT molecular complexity index is 1360. The molecule has 1 aromatic heterocycles. The zero-order valence-corrected chi connectivity index (χ0v) is 23.8. The lowest BCUT2D eigenvalue weighted by molar-refractivity contribution is 0.0818. The summed E-state index contributed by atoms with van der Waals surface area (Å²) in [7, 11) is 2.03. The van der Waals surface area contributed by atoms with E-state index in [4.69, 9.17) is 9.47 Å². The van der Waals surface area contributed by atoms with Crippen molar-refractivity contribution in [1.82, 2.24) is 19.8 Å². The molecule has 1 N–H and O–H groups in total. The van der Waals surface area contributed by atoms with Crippen molar-refractivity contribution in [3.63, 3.8) is 0 Å². The van der Waals surface area contributed by atoms with E-state index in [1.54, 1.807) is 0 Å². The van der Waals surface area contributed by atoms with Crippen molar-refractivity contribution in [2.75, 3.05) is 26.4 Å². The summed E-state index contributed by atoms with van der Waals surface area (Å²) in [5.41, 5.74) is 2.95. The molecular weight excluding hydrogens is 512 g/mol. The van der Waals surface area contributed by atoms with E-state index in [0.717, 1.165) is 37.2 Å². The van der Waals surface area contributed by atoms with Crippen LogP contribution in [0.3, 0.4) is 0 Å². The summed E-state index contributed by atoms with van der Waals surface area (Å²) in [5.74, 6) is 1.46. The third kappa shape index (κ3) is 8.28. The van der Waals surface area contributed by atoms with Gasteiger partial charge in [0.05, 0.1) is 24.8 Å². The Morgan fingerprint density at radius 1 is 0.878 bits per heavy atom. The normalized spacial score (nSPS) is 19.3. The maximum Gasteiger partial charge on any atom is 0.255 e. The van der Waals surface area contributed by atoms with Gasteiger partial charge >= 0.3 is 0 Å². The van der Waals surface area contributed by atoms with E-state index in [1.165, 1.54) is 5.56 Å². The topological polar surface area (TPSA) is 68.6 Å². The highest BCUT2D eigenvalue weighted by Gasteiger charge is 2.24. The van der Waals surface area contributed by atoms with Crippen LogP contribution in [0.2, 0.25) is 0 Å². The fourth-order valence-corrected chi connectivity index (χ4v) is 5.32. The molecule has 0 radical (unpaired) electrons. The van der Waals surface area contributed by atoms with Gasteiger partial charge in [-0.3, -0.25) is 9.69 Å². The van der Waals surface area contributed by atoms with E-state index in [1.807, 2.05) is 68.0 Å². The van der Waals surface area contributed by atoms with E-state index in [-0.39, 0.29) is 18.0 Å². The number of hydrogen-bond acceptors (Lipinski definition) is 5. The summed E-state index contributed by atoms with van der Waals surface area (Å²) in [4.78, 5) is 20.6. The Hall–Kier alpha value is -3.94. The first-order valence-electron chi connectivity index (χ1n) is 14.5. The number of benzene rings is 3. The van der Waals surface area contributed by atoms with Gasteiger partial charge in [0.25, 0.3) is 5.91 Å². The van der Waals surface area contributed by atoms with Crippen LogP contribution in [0.1, 0.15) is 40.2 Å². The number of hydrogen-bond donors (Lipinski definition) is 1. The van der Waals surface area contributed by atoms with Gasteiger partial charge in [0.1, 0.15) is 18.2 Å². The molecule has 0 saturated carbocycles. The van der Waals surface area contributed by atoms with Gasteiger partial charge in [-0.05, 0) is 55.5 Å². The summed E-state index contributed by atoms with van der Waals surface area (Å²) in [5, 5.41) is 3.22. The van der Waals surface area contributed by atoms with Crippen LogP contribution in [0.4, 0.5) is 0 Å². The number of aryl methyl sites for hydroxylation is 1. The first-order chi connectivity index (χ1) is 20.2. The first-order valence-corrected chi connectivity index (χ1v) is 14.5. The van der Waals surface area contributed by atoms with Gasteiger partial charge in [-0.15, -0.1) is 0 Å². The number of rotatable bonds is 6. The maximum atomic E-state index is 13.6. The minimum Gasteiger partial charge on any atom is -0.491 e. The van der Waals surface area contributed by atoms with Crippen molar-refractivity contribution >= 4 is 5.91 Å². The number of para-hydroxylation sites is 1. The zero-order chi connectivity index (χ0) is 28.3. The Balaban J connectivity index is 1.40. The fraction of sp³-hybridized carbons (Fsp3) is 0.353. The highest BCUT2D eigenvalue weighted by molar-refractivity contribution is 5.97. The highest BCUT2D eigenvalue weighted by Crippen LogP contribution is 2.21. The molecule has 214 valence electrons. The van der Waals surface area contributed by atoms with Crippen LogP contribution in [-0.2, 0) is 31.2 Å². The molecule has 3 aromatic carbocycles. The predicted molar refractivity (Wildman–Crippen MR) is 161 cm³/mol. The molecule has 4 aromatic rings. The number of ether oxygens (including phenoxy) is 2. The van der Waals surface area contributed by atoms with Crippen LogP contribution < -0.4 is 10.1 Å². The third-order valence-corrected chi connectivity index (χ3v) is 7.62. The number of fused-ring (bicyclic) bond motifs is 1. The minimum atomic E-state index is -0.149. The molecule has 0 bridgehead atoms. The van der Waals surface area contributed by atoms with Gasteiger partial charge in [-0.25, -0.2) is 4.98 Å². The van der Waals surface area contributed by atoms with Gasteiger partial charge < -0.3 is 19.4 Å². The maximum absolute atomic E-state index is 13.6. The van der Waals surface area contributed by atoms with Gasteiger partial charge in [-0.1, -0.05) is 72.8 Å². The Kier molecular flexibility index (Phi) is 10.2. The predicted octanol–water partition coefficient (Wildman–Crippen LogP) is 5.06. The summed E-state index contributed by atoms with van der Waals surface area (Å²) in [6.45, 7) is 3.16. The van der Waals surface area contributed by atoms with Crippen molar-refractivity contribution in [2.45, 2.75) is 44.3 Å². The monoisotopic (exact) mass is 552 g/mol. The number of imidazole rings is 1. The average Bonchev–Trinajstić information content (AvgIpc) is 3.40. The second-order valence-corrected chi connectivity index (χ2v) is 10.7. The largest absolute Gasteiger partial charge is 0.491 e. The van der Waals surface area contributed by atoms with Crippen LogP contribution in [0.15, 0.2) is 97.3 Å². The standard InChI is InChI=1S/C34H40N4O3/c1-37-20-18-35-33(37)24-38-19-10-11-21-40-25-29(22-27-12-4-2-5-13-27)36-34(39)31-16-8-9-17-32(31)41-26-30(38)23-28-14-6-3-7-15-28/h2-9,12-18,20,29-30H,10-11,19,21-26H2,1H3,(H,36,39)/t29-,30-/m0/s1. The van der Waals surface area contributed by atoms with Gasteiger partial charge in [0, 0.05) is 32.1 Å². The van der Waals surface area contributed by atoms with E-state index in [2.05, 4.69) is 56.2 Å². The Labute approximate surface area is 243 Å². The minimum absolute atomic E-state index is 0.0853. The second kappa shape index (κ2) is 14.6. The van der Waals surface area contributed by atoms with Gasteiger partial charge in [-0.2, -0.15) is 0 Å². The van der Waals surface area contributed by atoms with E-state index < -0.39 is 0 Å². The number of aromatic nitrogens is 2. The number of nitrogens with zero attached hydrogens (tertiary/aromatic N) is 3. The van der Waals surface area contributed by atoms with E-state index in [9.17, 15) is 4.79 Å². The molecule has 0 fully saturated rings. The lowest BCUT2D eigenvalue weighted by Gasteiger charge is -2.32. The van der Waals surface area contributed by atoms with Crippen molar-refractivity contribution in [3.05, 3.63) is 120 Å². The molecule has 2 heterocycles. The molecule has 0 aliphatic carbocycles. The molecule has 1 amide bonds. The van der Waals surface area contributed by atoms with Crippen LogP contribution in [0.5, 0.6) is 5.75 Å². The van der Waals surface area contributed by atoms with Gasteiger partial charge in [0.15, 0.2) is 0 Å². The van der Waals surface area contributed by atoms with Crippen molar-refractivity contribution < 1.29 is 14.3 Å². The zero-order valence-electron chi connectivity index (χ0n) is 23.8. The molecular formula is C34H40N4O3. The van der Waals surface area contributed by atoms with Gasteiger partial charge in [0.2, 0.25) is 0 Å². The summed E-state index contributed by atoms with van der Waals surface area (Å²) in [6, 6.07) is 28.2. The SMILES string of the molecule is Cn1ccnc1CN1CCCCOC[C@H](Cc2ccccc2)NC(=O)c2ccccc2OC[C@@H]1Cc1ccccc1. The summed E-state index contributed by atoms with van der Waals surface area (Å²) < 4.78 is 14.7. The molecule has 2 atom stereocenters. The molecule has 7 nitrogen and oxygen atoms in total. The molecule has 41 heavy (non-hydrogen) atoms. The molecule has 0 unspecified atom stereocenters. The number of carbonyl (C=O) groups is 1. The Morgan fingerprint density at radius 3 is 2.32 bits per heavy atom. The molecule has 1 aliphatic heterocycles. The summed E-state index contributed by atoms with van der Waals surface area (Å²) >= 11 is 0. The van der Waals surface area contributed by atoms with Crippen molar-refractivity contribution in [1.29, 1.82) is 0 Å². The van der Waals surface area contributed by atoms with Crippen molar-refractivity contribution in [3.8, 4) is 5.75 Å². The summed E-state index contributed by atoms with van der Waals surface area (Å²) in [6.07, 6.45) is 7.28. The number of amides is 1. The molecule has 0 saturated heterocycles. The van der Waals surface area contributed by atoms with Crippen LogP contribution in [0, 0.1) is 0 Å². The molecule has 5 rings (SSSR count).